The first kappa shape index (κ1) is 23.6. The molecule has 0 bridgehead atoms. The van der Waals surface area contributed by atoms with Crippen molar-refractivity contribution in [3.05, 3.63) is 11.6 Å². The van der Waals surface area contributed by atoms with E-state index in [1.54, 1.807) is 5.57 Å². The van der Waals surface area contributed by atoms with Crippen LogP contribution in [0.2, 0.25) is 0 Å². The van der Waals surface area contributed by atoms with E-state index in [2.05, 4.69) is 47.6 Å². The van der Waals surface area contributed by atoms with Crippen molar-refractivity contribution < 1.29 is 14.7 Å². The Morgan fingerprint density at radius 1 is 0.909 bits per heavy atom. The van der Waals surface area contributed by atoms with E-state index in [1.165, 1.54) is 19.3 Å². The summed E-state index contributed by atoms with van der Waals surface area (Å²) in [5.74, 6) is 1.32. The number of aliphatic carboxylic acids is 1. The summed E-state index contributed by atoms with van der Waals surface area (Å²) in [7, 11) is 0. The molecule has 5 aliphatic rings. The standard InChI is InChI=1S/C30H46O3/c1-25(2)21-10-13-30(7)22(28(21,5)12-11-23(25)31)9-8-19-20-18-27(4,24(32)33)15-14-26(20,3)16-17-29(19,30)6/h8,20-22H,9-18H2,1-7H3,(H,32,33)/t20-,21?,22+,26+,27?,28-,29+,30+/m0/s1. The summed E-state index contributed by atoms with van der Waals surface area (Å²) in [5.41, 5.74) is 1.60. The number of allylic oxidation sites excluding steroid dienone is 2. The molecule has 1 N–H and O–H groups in total. The van der Waals surface area contributed by atoms with Gasteiger partial charge in [0, 0.05) is 11.8 Å². The SMILES string of the molecule is CC1(C(=O)O)CC[C@]2(C)CC[C@]3(C)C(=CC[C@@H]4[C@@]5(C)CCC(=O)C(C)(C)C5CC[C@]43C)[C@@H]2C1. The van der Waals surface area contributed by atoms with Crippen LogP contribution in [0.3, 0.4) is 0 Å². The van der Waals surface area contributed by atoms with Crippen molar-refractivity contribution in [2.75, 3.05) is 0 Å². The molecule has 0 heterocycles. The molecule has 0 aromatic carbocycles. The number of hydrogen-bond donors (Lipinski definition) is 1. The lowest BCUT2D eigenvalue weighted by atomic mass is 9.33. The molecule has 0 aliphatic heterocycles. The van der Waals surface area contributed by atoms with Gasteiger partial charge in [-0.05, 0) is 104 Å². The van der Waals surface area contributed by atoms with Crippen LogP contribution >= 0.6 is 0 Å². The van der Waals surface area contributed by atoms with Crippen LogP contribution < -0.4 is 0 Å². The second-order valence-corrected chi connectivity index (χ2v) is 14.7. The van der Waals surface area contributed by atoms with E-state index in [0.717, 1.165) is 44.9 Å². The van der Waals surface area contributed by atoms with Crippen LogP contribution in [0.15, 0.2) is 11.6 Å². The quantitative estimate of drug-likeness (QED) is 0.419. The molecule has 4 fully saturated rings. The number of Topliss-reactive ketones (excluding diaryl/α,β-unsaturated/α-hetero) is 1. The average Bonchev–Trinajstić information content (AvgIpc) is 2.73. The van der Waals surface area contributed by atoms with Gasteiger partial charge in [-0.15, -0.1) is 0 Å². The number of ketones is 1. The third-order valence-electron chi connectivity index (χ3n) is 13.1. The number of carbonyl (C=O) groups is 2. The van der Waals surface area contributed by atoms with Gasteiger partial charge in [0.05, 0.1) is 5.41 Å². The van der Waals surface area contributed by atoms with E-state index in [0.29, 0.717) is 23.5 Å². The zero-order chi connectivity index (χ0) is 24.2. The highest BCUT2D eigenvalue weighted by Crippen LogP contribution is 2.75. The molecule has 3 nitrogen and oxygen atoms in total. The van der Waals surface area contributed by atoms with Crippen LogP contribution in [-0.4, -0.2) is 16.9 Å². The molecular formula is C30H46O3. The van der Waals surface area contributed by atoms with Crippen molar-refractivity contribution in [2.45, 2.75) is 113 Å². The Labute approximate surface area is 201 Å². The topological polar surface area (TPSA) is 54.4 Å². The Hall–Kier alpha value is -1.12. The number of carboxylic acids is 1. The summed E-state index contributed by atoms with van der Waals surface area (Å²) < 4.78 is 0. The molecule has 0 amide bonds. The molecule has 2 unspecified atom stereocenters. The summed E-state index contributed by atoms with van der Waals surface area (Å²) in [6.45, 7) is 16.5. The second kappa shape index (κ2) is 6.76. The smallest absolute Gasteiger partial charge is 0.309 e. The highest BCUT2D eigenvalue weighted by molar-refractivity contribution is 5.85. The highest BCUT2D eigenvalue weighted by atomic mass is 16.4. The van der Waals surface area contributed by atoms with E-state index in [9.17, 15) is 14.7 Å². The average molecular weight is 455 g/mol. The van der Waals surface area contributed by atoms with Crippen LogP contribution in [0.5, 0.6) is 0 Å². The zero-order valence-corrected chi connectivity index (χ0v) is 22.1. The van der Waals surface area contributed by atoms with Gasteiger partial charge < -0.3 is 5.11 Å². The maximum Gasteiger partial charge on any atom is 0.309 e. The minimum Gasteiger partial charge on any atom is -0.481 e. The lowest BCUT2D eigenvalue weighted by Gasteiger charge is -2.70. The summed E-state index contributed by atoms with van der Waals surface area (Å²) in [6, 6.07) is 0. The molecule has 184 valence electrons. The first-order valence-electron chi connectivity index (χ1n) is 13.6. The van der Waals surface area contributed by atoms with Gasteiger partial charge in [0.15, 0.2) is 0 Å². The largest absolute Gasteiger partial charge is 0.481 e. The first-order chi connectivity index (χ1) is 15.1. The Morgan fingerprint density at radius 2 is 1.58 bits per heavy atom. The van der Waals surface area contributed by atoms with E-state index >= 15 is 0 Å². The fourth-order valence-corrected chi connectivity index (χ4v) is 10.3. The molecule has 3 heteroatoms. The van der Waals surface area contributed by atoms with E-state index in [-0.39, 0.29) is 27.1 Å². The van der Waals surface area contributed by atoms with Gasteiger partial charge in [-0.1, -0.05) is 53.2 Å². The molecule has 0 aromatic heterocycles. The lowest BCUT2D eigenvalue weighted by molar-refractivity contribution is -0.185. The lowest BCUT2D eigenvalue weighted by Crippen LogP contribution is -2.64. The van der Waals surface area contributed by atoms with Gasteiger partial charge in [-0.3, -0.25) is 9.59 Å². The summed E-state index contributed by atoms with van der Waals surface area (Å²) in [5, 5.41) is 10.1. The fourth-order valence-electron chi connectivity index (χ4n) is 10.3. The van der Waals surface area contributed by atoms with Crippen LogP contribution in [0.25, 0.3) is 0 Å². The molecule has 0 spiro atoms. The first-order valence-corrected chi connectivity index (χ1v) is 13.6. The number of carboxylic acid groups (broad SMARTS) is 1. The van der Waals surface area contributed by atoms with Crippen molar-refractivity contribution >= 4 is 11.8 Å². The second-order valence-electron chi connectivity index (χ2n) is 14.7. The van der Waals surface area contributed by atoms with Crippen molar-refractivity contribution in [3.63, 3.8) is 0 Å². The zero-order valence-electron chi connectivity index (χ0n) is 22.1. The molecule has 33 heavy (non-hydrogen) atoms. The van der Waals surface area contributed by atoms with Crippen molar-refractivity contribution in [2.24, 2.45) is 50.2 Å². The van der Waals surface area contributed by atoms with Gasteiger partial charge in [0.1, 0.15) is 5.78 Å². The third kappa shape index (κ3) is 2.80. The summed E-state index contributed by atoms with van der Waals surface area (Å²) in [6.07, 6.45) is 12.9. The number of hydrogen-bond acceptors (Lipinski definition) is 2. The highest BCUT2D eigenvalue weighted by Gasteiger charge is 2.68. The van der Waals surface area contributed by atoms with Crippen molar-refractivity contribution in [1.29, 1.82) is 0 Å². The molecular weight excluding hydrogens is 408 g/mol. The predicted molar refractivity (Wildman–Crippen MR) is 132 cm³/mol. The van der Waals surface area contributed by atoms with Crippen molar-refractivity contribution in [1.82, 2.24) is 0 Å². The summed E-state index contributed by atoms with van der Waals surface area (Å²) in [4.78, 5) is 25.1. The van der Waals surface area contributed by atoms with Crippen LogP contribution in [0.1, 0.15) is 113 Å². The number of carbonyl (C=O) groups excluding carboxylic acids is 1. The van der Waals surface area contributed by atoms with Gasteiger partial charge in [0.2, 0.25) is 0 Å². The number of rotatable bonds is 1. The molecule has 5 aliphatic carbocycles. The van der Waals surface area contributed by atoms with E-state index in [4.69, 9.17) is 0 Å². The molecule has 8 atom stereocenters. The Morgan fingerprint density at radius 3 is 2.24 bits per heavy atom. The molecule has 0 aromatic rings. The molecule has 5 rings (SSSR count). The van der Waals surface area contributed by atoms with Gasteiger partial charge in [-0.2, -0.15) is 0 Å². The maximum absolute atomic E-state index is 12.9. The van der Waals surface area contributed by atoms with E-state index in [1.807, 2.05) is 6.92 Å². The van der Waals surface area contributed by atoms with E-state index < -0.39 is 11.4 Å². The molecule has 4 saturated carbocycles. The normalized spacial score (nSPS) is 53.1. The van der Waals surface area contributed by atoms with Gasteiger partial charge >= 0.3 is 5.97 Å². The third-order valence-corrected chi connectivity index (χ3v) is 13.1. The fraction of sp³-hybridized carbons (Fsp3) is 0.867. The van der Waals surface area contributed by atoms with Crippen molar-refractivity contribution in [3.8, 4) is 0 Å². The molecule has 0 radical (unpaired) electrons. The Kier molecular flexibility index (Phi) is 4.83. The van der Waals surface area contributed by atoms with Gasteiger partial charge in [0.25, 0.3) is 0 Å². The minimum atomic E-state index is -0.612. The van der Waals surface area contributed by atoms with Crippen LogP contribution in [0, 0.1) is 50.2 Å². The summed E-state index contributed by atoms with van der Waals surface area (Å²) >= 11 is 0. The monoisotopic (exact) mass is 454 g/mol. The Balaban J connectivity index is 1.58. The van der Waals surface area contributed by atoms with Crippen LogP contribution in [0.4, 0.5) is 0 Å². The van der Waals surface area contributed by atoms with Gasteiger partial charge in [-0.25, -0.2) is 0 Å². The minimum absolute atomic E-state index is 0.135. The molecule has 0 saturated heterocycles. The maximum atomic E-state index is 12.9. The number of fused-ring (bicyclic) bond motifs is 7. The predicted octanol–water partition coefficient (Wildman–Crippen LogP) is 7.44. The Bertz CT molecular complexity index is 931. The van der Waals surface area contributed by atoms with Crippen LogP contribution in [-0.2, 0) is 9.59 Å².